The molecule has 1 rings (SSSR count). The van der Waals surface area contributed by atoms with Crippen LogP contribution in [0.25, 0.3) is 0 Å². The number of methoxy groups -OCH3 is 1. The van der Waals surface area contributed by atoms with Gasteiger partial charge in [-0.05, 0) is 33.1 Å². The monoisotopic (exact) mass is 342 g/mol. The molecule has 1 saturated heterocycles. The molecule has 0 aliphatic carbocycles. The van der Waals surface area contributed by atoms with Crippen molar-refractivity contribution < 1.29 is 28.7 Å². The van der Waals surface area contributed by atoms with Gasteiger partial charge in [0.05, 0.1) is 13.5 Å². The van der Waals surface area contributed by atoms with Crippen LogP contribution >= 0.6 is 0 Å². The normalized spacial score (nSPS) is 19.5. The van der Waals surface area contributed by atoms with Crippen LogP contribution in [0.15, 0.2) is 0 Å². The Morgan fingerprint density at radius 2 is 1.88 bits per heavy atom. The van der Waals surface area contributed by atoms with E-state index in [1.54, 1.807) is 20.8 Å². The van der Waals surface area contributed by atoms with Crippen molar-refractivity contribution >= 4 is 23.9 Å². The molecule has 0 aromatic rings. The molecule has 1 fully saturated rings. The zero-order valence-electron chi connectivity index (χ0n) is 15.0. The average molecular weight is 342 g/mol. The molecule has 1 aliphatic heterocycles. The number of ether oxygens (including phenoxy) is 2. The minimum absolute atomic E-state index is 0.0764. The van der Waals surface area contributed by atoms with Crippen LogP contribution in [0.3, 0.4) is 0 Å². The Bertz CT molecular complexity index is 523. The Hall–Kier alpha value is -2.12. The minimum atomic E-state index is -1.04. The molecule has 0 aromatic heterocycles. The van der Waals surface area contributed by atoms with Crippen LogP contribution in [-0.4, -0.2) is 53.6 Å². The highest BCUT2D eigenvalue weighted by Crippen LogP contribution is 2.22. The van der Waals surface area contributed by atoms with Gasteiger partial charge in [0.1, 0.15) is 17.7 Å². The minimum Gasteiger partial charge on any atom is -0.467 e. The number of hydrogen-bond acceptors (Lipinski definition) is 6. The van der Waals surface area contributed by atoms with Crippen LogP contribution in [0.5, 0.6) is 0 Å². The van der Waals surface area contributed by atoms with Crippen LogP contribution in [0, 0.1) is 5.92 Å². The maximum absolute atomic E-state index is 12.5. The van der Waals surface area contributed by atoms with Crippen LogP contribution in [0.2, 0.25) is 0 Å². The third kappa shape index (κ3) is 5.21. The van der Waals surface area contributed by atoms with Gasteiger partial charge in [0.2, 0.25) is 5.91 Å². The first-order valence-electron chi connectivity index (χ1n) is 7.89. The molecule has 0 aromatic carbocycles. The molecule has 3 amide bonds. The molecule has 0 radical (unpaired) electrons. The molecule has 1 N–H and O–H groups in total. The number of amides is 3. The lowest BCUT2D eigenvalue weighted by Gasteiger charge is -2.26. The number of alkyl carbamates (subject to hydrolysis) is 1. The third-order valence-electron chi connectivity index (χ3n) is 3.35. The lowest BCUT2D eigenvalue weighted by molar-refractivity contribution is -0.157. The summed E-state index contributed by atoms with van der Waals surface area (Å²) in [6.45, 7) is 8.82. The first-order chi connectivity index (χ1) is 11.0. The number of nitrogens with one attached hydrogen (secondary N) is 1. The highest BCUT2D eigenvalue weighted by Gasteiger charge is 2.46. The molecular weight excluding hydrogens is 316 g/mol. The molecule has 1 heterocycles. The number of esters is 1. The fourth-order valence-electron chi connectivity index (χ4n) is 2.43. The summed E-state index contributed by atoms with van der Waals surface area (Å²) < 4.78 is 9.80. The molecule has 24 heavy (non-hydrogen) atoms. The van der Waals surface area contributed by atoms with E-state index in [0.717, 1.165) is 4.90 Å². The maximum atomic E-state index is 12.5. The second kappa shape index (κ2) is 7.63. The highest BCUT2D eigenvalue weighted by atomic mass is 16.6. The quantitative estimate of drug-likeness (QED) is 0.595. The summed E-state index contributed by atoms with van der Waals surface area (Å²) in [5.41, 5.74) is -0.721. The van der Waals surface area contributed by atoms with Crippen molar-refractivity contribution in [1.29, 1.82) is 0 Å². The Morgan fingerprint density at radius 1 is 1.29 bits per heavy atom. The molecule has 8 nitrogen and oxygen atoms in total. The molecule has 0 saturated carbocycles. The summed E-state index contributed by atoms with van der Waals surface area (Å²) in [5, 5.41) is 2.39. The Morgan fingerprint density at radius 3 is 2.33 bits per heavy atom. The molecule has 2 atom stereocenters. The van der Waals surface area contributed by atoms with E-state index in [9.17, 15) is 19.2 Å². The van der Waals surface area contributed by atoms with E-state index < -0.39 is 41.6 Å². The first-order valence-corrected chi connectivity index (χ1v) is 7.89. The van der Waals surface area contributed by atoms with Crippen LogP contribution < -0.4 is 5.32 Å². The topological polar surface area (TPSA) is 102 Å². The zero-order chi connectivity index (χ0) is 18.7. The van der Waals surface area contributed by atoms with Gasteiger partial charge in [-0.25, -0.2) is 9.59 Å². The summed E-state index contributed by atoms with van der Waals surface area (Å²) in [7, 11) is 1.21. The van der Waals surface area contributed by atoms with Gasteiger partial charge in [-0.15, -0.1) is 0 Å². The first kappa shape index (κ1) is 19.9. The molecule has 1 aliphatic rings. The number of likely N-dealkylation sites (tertiary alicyclic amines) is 1. The van der Waals surface area contributed by atoms with Gasteiger partial charge in [0.15, 0.2) is 0 Å². The van der Waals surface area contributed by atoms with E-state index in [0.29, 0.717) is 6.42 Å². The smallest absolute Gasteiger partial charge is 0.408 e. The molecule has 8 heteroatoms. The molecule has 0 spiro atoms. The van der Waals surface area contributed by atoms with E-state index in [1.165, 1.54) is 7.11 Å². The summed E-state index contributed by atoms with van der Waals surface area (Å²) in [5.74, 6) is -1.71. The molecule has 136 valence electrons. The van der Waals surface area contributed by atoms with Crippen LogP contribution in [0.1, 0.15) is 47.5 Å². The van der Waals surface area contributed by atoms with Gasteiger partial charge in [-0.3, -0.25) is 14.5 Å². The van der Waals surface area contributed by atoms with E-state index in [1.807, 2.05) is 13.8 Å². The average Bonchev–Trinajstić information content (AvgIpc) is 2.67. The summed E-state index contributed by atoms with van der Waals surface area (Å²) >= 11 is 0. The van der Waals surface area contributed by atoms with E-state index >= 15 is 0 Å². The van der Waals surface area contributed by atoms with Crippen molar-refractivity contribution in [3.63, 3.8) is 0 Å². The van der Waals surface area contributed by atoms with E-state index in [-0.39, 0.29) is 12.3 Å². The lowest BCUT2D eigenvalue weighted by atomic mass is 10.0. The highest BCUT2D eigenvalue weighted by molar-refractivity contribution is 6.09. The fourth-order valence-corrected chi connectivity index (χ4v) is 2.43. The van der Waals surface area contributed by atoms with Crippen molar-refractivity contribution in [2.45, 2.75) is 65.1 Å². The van der Waals surface area contributed by atoms with Crippen LogP contribution in [0.4, 0.5) is 4.79 Å². The predicted octanol–water partition coefficient (Wildman–Crippen LogP) is 1.23. The second-order valence-corrected chi connectivity index (χ2v) is 7.17. The van der Waals surface area contributed by atoms with Gasteiger partial charge in [0, 0.05) is 0 Å². The molecule has 0 bridgehead atoms. The Kier molecular flexibility index (Phi) is 6.34. The number of hydrogen-bond donors (Lipinski definition) is 1. The lowest BCUT2D eigenvalue weighted by Crippen LogP contribution is -2.49. The van der Waals surface area contributed by atoms with Crippen molar-refractivity contribution in [2.75, 3.05) is 7.11 Å². The number of nitrogens with zero attached hydrogens (tertiary/aromatic N) is 1. The van der Waals surface area contributed by atoms with Gasteiger partial charge in [-0.2, -0.15) is 0 Å². The van der Waals surface area contributed by atoms with Gasteiger partial charge >= 0.3 is 12.1 Å². The third-order valence-corrected chi connectivity index (χ3v) is 3.35. The summed E-state index contributed by atoms with van der Waals surface area (Å²) in [6, 6.07) is -2.02. The van der Waals surface area contributed by atoms with Crippen molar-refractivity contribution in [3.05, 3.63) is 0 Å². The van der Waals surface area contributed by atoms with E-state index in [2.05, 4.69) is 5.32 Å². The summed E-state index contributed by atoms with van der Waals surface area (Å²) in [6.07, 6.45) is -0.693. The summed E-state index contributed by atoms with van der Waals surface area (Å²) in [4.78, 5) is 49.4. The largest absolute Gasteiger partial charge is 0.467 e. The molecular formula is C16H26N2O6. The number of carbonyl (C=O) groups is 4. The Balaban J connectivity index is 2.88. The number of imide groups is 1. The second-order valence-electron chi connectivity index (χ2n) is 7.17. The van der Waals surface area contributed by atoms with Gasteiger partial charge in [-0.1, -0.05) is 13.8 Å². The SMILES string of the molecule is COC(=O)C(CC(C)C)N1C(=O)CC(NC(=O)OC(C)(C)C)C1=O. The van der Waals surface area contributed by atoms with Gasteiger partial charge < -0.3 is 14.8 Å². The maximum Gasteiger partial charge on any atom is 0.408 e. The van der Waals surface area contributed by atoms with Crippen molar-refractivity contribution in [2.24, 2.45) is 5.92 Å². The van der Waals surface area contributed by atoms with Crippen LogP contribution in [-0.2, 0) is 23.9 Å². The zero-order valence-corrected chi connectivity index (χ0v) is 15.0. The van der Waals surface area contributed by atoms with Crippen molar-refractivity contribution in [3.8, 4) is 0 Å². The Labute approximate surface area is 141 Å². The standard InChI is InChI=1S/C16H26N2O6/c1-9(2)7-11(14(21)23-6)18-12(19)8-10(13(18)20)17-15(22)24-16(3,4)5/h9-11H,7-8H2,1-6H3,(H,17,22). The molecule has 2 unspecified atom stereocenters. The van der Waals surface area contributed by atoms with Crippen molar-refractivity contribution in [1.82, 2.24) is 10.2 Å². The number of carbonyl (C=O) groups excluding carboxylic acids is 4. The van der Waals surface area contributed by atoms with E-state index in [4.69, 9.17) is 9.47 Å². The fraction of sp³-hybridized carbons (Fsp3) is 0.750. The number of rotatable bonds is 5. The predicted molar refractivity (Wildman–Crippen MR) is 84.9 cm³/mol. The van der Waals surface area contributed by atoms with Gasteiger partial charge in [0.25, 0.3) is 5.91 Å².